The molecule has 0 heterocycles. The molecule has 220 valence electrons. The van der Waals surface area contributed by atoms with Crippen molar-refractivity contribution in [2.24, 2.45) is 57.7 Å². The van der Waals surface area contributed by atoms with Gasteiger partial charge >= 0.3 is 0 Å². The molecular formula is C36H60N2O. The van der Waals surface area contributed by atoms with Gasteiger partial charge in [0, 0.05) is 23.8 Å². The van der Waals surface area contributed by atoms with Gasteiger partial charge in [0.15, 0.2) is 0 Å². The van der Waals surface area contributed by atoms with Crippen molar-refractivity contribution in [2.45, 2.75) is 125 Å². The first-order valence-corrected chi connectivity index (χ1v) is 16.7. The van der Waals surface area contributed by atoms with Crippen LogP contribution in [0.2, 0.25) is 0 Å². The molecule has 0 aromatic heterocycles. The van der Waals surface area contributed by atoms with E-state index in [1.54, 1.807) is 0 Å². The molecular weight excluding hydrogens is 476 g/mol. The number of aliphatic hydroxyl groups excluding tert-OH is 1. The van der Waals surface area contributed by atoms with Crippen molar-refractivity contribution in [2.75, 3.05) is 18.1 Å². The first kappa shape index (κ1) is 29.3. The number of nitrogens with one attached hydrogen (secondary N) is 1. The molecule has 0 spiro atoms. The molecule has 10 atom stereocenters. The molecule has 0 saturated heterocycles. The first-order chi connectivity index (χ1) is 18.4. The lowest BCUT2D eigenvalue weighted by Gasteiger charge is -2.65. The van der Waals surface area contributed by atoms with Crippen LogP contribution in [0, 0.1) is 57.7 Å². The highest BCUT2D eigenvalue weighted by molar-refractivity contribution is 5.59. The van der Waals surface area contributed by atoms with E-state index in [0.717, 1.165) is 59.7 Å². The van der Waals surface area contributed by atoms with Crippen molar-refractivity contribution in [3.8, 4) is 0 Å². The zero-order chi connectivity index (χ0) is 28.2. The van der Waals surface area contributed by atoms with E-state index < -0.39 is 0 Å². The molecule has 0 aliphatic heterocycles. The highest BCUT2D eigenvalue weighted by Crippen LogP contribution is 2.70. The number of aliphatic hydroxyl groups is 1. The van der Waals surface area contributed by atoms with Crippen LogP contribution >= 0.6 is 0 Å². The third kappa shape index (κ3) is 4.95. The number of rotatable bonds is 8. The zero-order valence-electron chi connectivity index (χ0n) is 26.4. The molecule has 4 aliphatic carbocycles. The Morgan fingerprint density at radius 2 is 1.64 bits per heavy atom. The Bertz CT molecular complexity index is 1010. The van der Waals surface area contributed by atoms with E-state index in [9.17, 15) is 5.11 Å². The van der Waals surface area contributed by atoms with Crippen molar-refractivity contribution in [1.82, 2.24) is 0 Å². The molecule has 39 heavy (non-hydrogen) atoms. The third-order valence-corrected chi connectivity index (χ3v) is 13.6. The highest BCUT2D eigenvalue weighted by Gasteiger charge is 2.64. The fourth-order valence-corrected chi connectivity index (χ4v) is 11.6. The molecule has 0 bridgehead atoms. The molecule has 4 N–H and O–H groups in total. The summed E-state index contributed by atoms with van der Waals surface area (Å²) in [4.78, 5) is 0. The van der Waals surface area contributed by atoms with Crippen LogP contribution in [0.15, 0.2) is 18.2 Å². The Labute approximate surface area is 240 Å². The number of hydrogen-bond donors (Lipinski definition) is 3. The van der Waals surface area contributed by atoms with Crippen molar-refractivity contribution in [3.05, 3.63) is 23.8 Å². The smallest absolute Gasteiger partial charge is 0.0600 e. The summed E-state index contributed by atoms with van der Waals surface area (Å²) in [7, 11) is 1.99. The molecule has 5 rings (SSSR count). The van der Waals surface area contributed by atoms with Crippen LogP contribution in [0.1, 0.15) is 118 Å². The summed E-state index contributed by atoms with van der Waals surface area (Å²) in [5, 5.41) is 15.0. The van der Waals surface area contributed by atoms with Crippen LogP contribution in [0.3, 0.4) is 0 Å². The van der Waals surface area contributed by atoms with Gasteiger partial charge in [-0.25, -0.2) is 0 Å². The minimum absolute atomic E-state index is 0.0937. The van der Waals surface area contributed by atoms with Gasteiger partial charge in [-0.05, 0) is 128 Å². The van der Waals surface area contributed by atoms with E-state index in [0.29, 0.717) is 16.7 Å². The van der Waals surface area contributed by atoms with Crippen molar-refractivity contribution >= 4 is 11.4 Å². The predicted octanol–water partition coefficient (Wildman–Crippen LogP) is 8.95. The van der Waals surface area contributed by atoms with Gasteiger partial charge in [-0.2, -0.15) is 0 Å². The summed E-state index contributed by atoms with van der Waals surface area (Å²) in [5.41, 5.74) is 10.1. The fraction of sp³-hybridized carbons (Fsp3) is 0.833. The van der Waals surface area contributed by atoms with E-state index in [1.165, 1.54) is 69.8 Å². The summed E-state index contributed by atoms with van der Waals surface area (Å²) in [6, 6.07) is 6.29. The summed E-state index contributed by atoms with van der Waals surface area (Å²) in [6.07, 6.45) is 15.5. The minimum atomic E-state index is -0.231. The molecule has 0 amide bonds. The fourth-order valence-electron chi connectivity index (χ4n) is 11.6. The summed E-state index contributed by atoms with van der Waals surface area (Å²) in [6.45, 7) is 15.1. The average Bonchev–Trinajstić information content (AvgIpc) is 3.25. The monoisotopic (exact) mass is 536 g/mol. The number of hydrogen-bond acceptors (Lipinski definition) is 3. The molecule has 4 fully saturated rings. The standard InChI is InChI=1S/C36H60N2O/c1-23(2)9-8-10-24(3)28-14-15-29-27-13-16-32-35(5,30(27)17-19-34(28,29)4)20-18-33(39)36(32,6)22-25-11-12-26(37)21-31(25)38-7/h11-12,21,23-24,27-30,32-33,38-39H,8-10,13-20,22,37H2,1-7H3. The maximum absolute atomic E-state index is 11.6. The van der Waals surface area contributed by atoms with Crippen LogP contribution < -0.4 is 11.1 Å². The second kappa shape index (κ2) is 10.9. The van der Waals surface area contributed by atoms with Gasteiger partial charge in [0.05, 0.1) is 6.10 Å². The van der Waals surface area contributed by atoms with Crippen LogP contribution in [0.4, 0.5) is 11.4 Å². The molecule has 4 saturated carbocycles. The van der Waals surface area contributed by atoms with Gasteiger partial charge < -0.3 is 16.2 Å². The van der Waals surface area contributed by atoms with Gasteiger partial charge in [0.2, 0.25) is 0 Å². The van der Waals surface area contributed by atoms with Crippen molar-refractivity contribution < 1.29 is 5.11 Å². The highest BCUT2D eigenvalue weighted by atomic mass is 16.3. The minimum Gasteiger partial charge on any atom is -0.399 e. The average molecular weight is 537 g/mol. The lowest BCUT2D eigenvalue weighted by Crippen LogP contribution is -2.60. The Kier molecular flexibility index (Phi) is 8.17. The van der Waals surface area contributed by atoms with E-state index >= 15 is 0 Å². The van der Waals surface area contributed by atoms with Crippen LogP contribution in [-0.2, 0) is 6.42 Å². The number of nitrogens with two attached hydrogens (primary N) is 1. The van der Waals surface area contributed by atoms with Crippen LogP contribution in [0.25, 0.3) is 0 Å². The third-order valence-electron chi connectivity index (χ3n) is 13.6. The van der Waals surface area contributed by atoms with Gasteiger partial charge in [0.1, 0.15) is 0 Å². The SMILES string of the molecule is CNc1cc(N)ccc1CC1(C)C(O)CCC2(C)C3CCC4(C)C(C(C)CCCC(C)C)CCC4C3CCC12. The van der Waals surface area contributed by atoms with E-state index in [2.05, 4.69) is 59.0 Å². The van der Waals surface area contributed by atoms with Crippen molar-refractivity contribution in [1.29, 1.82) is 0 Å². The topological polar surface area (TPSA) is 58.3 Å². The second-order valence-corrected chi connectivity index (χ2v) is 15.9. The molecule has 3 nitrogen and oxygen atoms in total. The van der Waals surface area contributed by atoms with Crippen LogP contribution in [-0.4, -0.2) is 18.3 Å². The molecule has 0 radical (unpaired) electrons. The number of anilines is 2. The van der Waals surface area contributed by atoms with E-state index in [1.807, 2.05) is 13.1 Å². The van der Waals surface area contributed by atoms with E-state index in [4.69, 9.17) is 5.73 Å². The maximum atomic E-state index is 11.6. The van der Waals surface area contributed by atoms with Gasteiger partial charge in [-0.1, -0.05) is 66.9 Å². The summed E-state index contributed by atoms with van der Waals surface area (Å²) in [5.74, 6) is 5.83. The lowest BCUT2D eigenvalue weighted by atomic mass is 9.40. The maximum Gasteiger partial charge on any atom is 0.0600 e. The molecule has 1 aromatic rings. The van der Waals surface area contributed by atoms with Gasteiger partial charge in [0.25, 0.3) is 0 Å². The zero-order valence-corrected chi connectivity index (χ0v) is 26.4. The summed E-state index contributed by atoms with van der Waals surface area (Å²) < 4.78 is 0. The Morgan fingerprint density at radius 3 is 2.36 bits per heavy atom. The quantitative estimate of drug-likeness (QED) is 0.291. The second-order valence-electron chi connectivity index (χ2n) is 15.9. The molecule has 4 aliphatic rings. The normalized spacial score (nSPS) is 42.5. The largest absolute Gasteiger partial charge is 0.399 e. The molecule has 3 heteroatoms. The summed E-state index contributed by atoms with van der Waals surface area (Å²) >= 11 is 0. The Hall–Kier alpha value is -1.22. The Balaban J connectivity index is 1.36. The number of nitrogen functional groups attached to an aromatic ring is 1. The lowest BCUT2D eigenvalue weighted by molar-refractivity contribution is -0.184. The van der Waals surface area contributed by atoms with E-state index in [-0.39, 0.29) is 11.5 Å². The number of benzene rings is 1. The van der Waals surface area contributed by atoms with Gasteiger partial charge in [-0.3, -0.25) is 0 Å². The molecule has 1 aromatic carbocycles. The van der Waals surface area contributed by atoms with Crippen molar-refractivity contribution in [3.63, 3.8) is 0 Å². The van der Waals surface area contributed by atoms with Crippen LogP contribution in [0.5, 0.6) is 0 Å². The molecule has 10 unspecified atom stereocenters. The first-order valence-electron chi connectivity index (χ1n) is 16.7. The predicted molar refractivity (Wildman–Crippen MR) is 167 cm³/mol. The number of fused-ring (bicyclic) bond motifs is 5. The van der Waals surface area contributed by atoms with Gasteiger partial charge in [-0.15, -0.1) is 0 Å². The Morgan fingerprint density at radius 1 is 0.923 bits per heavy atom.